The molecule has 0 aliphatic rings. The molecule has 0 saturated carbocycles. The molecule has 0 N–H and O–H groups in total. The smallest absolute Gasteiger partial charge is 0.306 e. The first-order valence-corrected chi connectivity index (χ1v) is 36.7. The molecule has 0 aromatic carbocycles. The van der Waals surface area contributed by atoms with Gasteiger partial charge in [-0.3, -0.25) is 14.4 Å². The van der Waals surface area contributed by atoms with Crippen molar-refractivity contribution in [2.45, 2.75) is 431 Å². The van der Waals surface area contributed by atoms with Gasteiger partial charge in [0.15, 0.2) is 6.10 Å². The second kappa shape index (κ2) is 69.6. The minimum absolute atomic E-state index is 0.0655. The molecule has 6 heteroatoms. The molecule has 1 unspecified atom stereocenters. The van der Waals surface area contributed by atoms with Gasteiger partial charge in [-0.2, -0.15) is 0 Å². The average molecular weight is 1130 g/mol. The van der Waals surface area contributed by atoms with Crippen LogP contribution in [0.5, 0.6) is 0 Å². The zero-order chi connectivity index (χ0) is 57.8. The van der Waals surface area contributed by atoms with Gasteiger partial charge >= 0.3 is 17.9 Å². The Bertz CT molecular complexity index is 1250. The van der Waals surface area contributed by atoms with Gasteiger partial charge in [-0.15, -0.1) is 0 Å². The van der Waals surface area contributed by atoms with Crippen LogP contribution in [0.1, 0.15) is 425 Å². The number of allylic oxidation sites excluding steroid dienone is 2. The minimum atomic E-state index is -0.770. The summed E-state index contributed by atoms with van der Waals surface area (Å²) in [6.45, 7) is 6.73. The summed E-state index contributed by atoms with van der Waals surface area (Å²) in [6, 6.07) is 0. The molecule has 0 fully saturated rings. The maximum absolute atomic E-state index is 13.0. The Morgan fingerprint density at radius 2 is 0.412 bits per heavy atom. The topological polar surface area (TPSA) is 78.9 Å². The number of rotatable bonds is 69. The number of unbranched alkanes of at least 4 members (excludes halogenated alkanes) is 56. The Kier molecular flexibility index (Phi) is 68.0. The van der Waals surface area contributed by atoms with Crippen LogP contribution in [0.25, 0.3) is 0 Å². The number of hydrogen-bond donors (Lipinski definition) is 0. The van der Waals surface area contributed by atoms with Gasteiger partial charge in [-0.05, 0) is 44.9 Å². The molecule has 80 heavy (non-hydrogen) atoms. The minimum Gasteiger partial charge on any atom is -0.462 e. The Morgan fingerprint density at radius 3 is 0.625 bits per heavy atom. The molecule has 0 radical (unpaired) electrons. The largest absolute Gasteiger partial charge is 0.462 e. The first-order chi connectivity index (χ1) is 39.5. The summed E-state index contributed by atoms with van der Waals surface area (Å²) in [6.07, 6.45) is 84.0. The molecular formula is C74H142O6. The number of esters is 3. The molecule has 1 atom stereocenters. The molecule has 0 saturated heterocycles. The zero-order valence-electron chi connectivity index (χ0n) is 54.6. The normalized spacial score (nSPS) is 12.0. The number of carbonyl (C=O) groups excluding carboxylic acids is 3. The highest BCUT2D eigenvalue weighted by molar-refractivity contribution is 5.71. The molecule has 0 rings (SSSR count). The summed E-state index contributed by atoms with van der Waals surface area (Å²) in [5.74, 6) is -0.837. The quantitative estimate of drug-likeness (QED) is 0.0261. The SMILES string of the molecule is CCCCCCCCC/C=C\CCCCCCCC(=O)OCC(COC(=O)CCCCCCCCCCCCCCCCCCCCCCCCCCCCCC)OC(=O)CCCCCCCCCCCCCCCCCCCC. The van der Waals surface area contributed by atoms with Crippen molar-refractivity contribution < 1.29 is 28.6 Å². The van der Waals surface area contributed by atoms with Crippen LogP contribution in [0, 0.1) is 0 Å². The van der Waals surface area contributed by atoms with E-state index in [2.05, 4.69) is 32.9 Å². The highest BCUT2D eigenvalue weighted by atomic mass is 16.6. The lowest BCUT2D eigenvalue weighted by atomic mass is 10.0. The average Bonchev–Trinajstić information content (AvgIpc) is 3.46. The number of ether oxygens (including phenoxy) is 3. The van der Waals surface area contributed by atoms with E-state index in [9.17, 15) is 14.4 Å². The van der Waals surface area contributed by atoms with Gasteiger partial charge < -0.3 is 14.2 Å². The van der Waals surface area contributed by atoms with E-state index in [-0.39, 0.29) is 31.1 Å². The van der Waals surface area contributed by atoms with Crippen LogP contribution < -0.4 is 0 Å². The van der Waals surface area contributed by atoms with Crippen LogP contribution in [0.15, 0.2) is 12.2 Å². The van der Waals surface area contributed by atoms with Crippen LogP contribution in [0.2, 0.25) is 0 Å². The van der Waals surface area contributed by atoms with Crippen LogP contribution in [-0.4, -0.2) is 37.2 Å². The molecule has 0 aromatic heterocycles. The Morgan fingerprint density at radius 1 is 0.237 bits per heavy atom. The van der Waals surface area contributed by atoms with Gasteiger partial charge in [-0.25, -0.2) is 0 Å². The third-order valence-electron chi connectivity index (χ3n) is 17.0. The molecule has 6 nitrogen and oxygen atoms in total. The molecule has 0 aliphatic carbocycles. The standard InChI is InChI=1S/C74H142O6/c1-4-7-10-13-16-19-22-25-28-31-33-34-35-36-37-38-39-40-41-42-44-46-49-52-55-58-61-64-67-73(76)79-70-71(69-78-72(75)66-63-60-57-54-51-48-45-30-27-24-21-18-15-12-9-6-3)80-74(77)68-65-62-59-56-53-50-47-43-32-29-26-23-20-17-14-11-8-5-2/h30,45,71H,4-29,31-44,46-70H2,1-3H3/b45-30-. The summed E-state index contributed by atoms with van der Waals surface area (Å²) >= 11 is 0. The highest BCUT2D eigenvalue weighted by Gasteiger charge is 2.20. The fourth-order valence-electron chi connectivity index (χ4n) is 11.5. The van der Waals surface area contributed by atoms with Gasteiger partial charge in [0.1, 0.15) is 13.2 Å². The van der Waals surface area contributed by atoms with Crippen molar-refractivity contribution in [2.75, 3.05) is 13.2 Å². The second-order valence-electron chi connectivity index (χ2n) is 25.2. The Hall–Kier alpha value is -1.85. The van der Waals surface area contributed by atoms with E-state index in [1.807, 2.05) is 0 Å². The predicted octanol–water partition coefficient (Wildman–Crippen LogP) is 25.2. The summed E-state index contributed by atoms with van der Waals surface area (Å²) in [4.78, 5) is 38.5. The van der Waals surface area contributed by atoms with Crippen LogP contribution in [-0.2, 0) is 28.6 Å². The van der Waals surface area contributed by atoms with E-state index in [1.165, 1.54) is 321 Å². The lowest BCUT2D eigenvalue weighted by Crippen LogP contribution is -2.30. The van der Waals surface area contributed by atoms with E-state index in [0.29, 0.717) is 19.3 Å². The second-order valence-corrected chi connectivity index (χ2v) is 25.2. The highest BCUT2D eigenvalue weighted by Crippen LogP contribution is 2.19. The molecule has 474 valence electrons. The molecule has 0 spiro atoms. The summed E-state index contributed by atoms with van der Waals surface area (Å²) in [7, 11) is 0. The van der Waals surface area contributed by atoms with E-state index < -0.39 is 6.10 Å². The Balaban J connectivity index is 4.20. The monoisotopic (exact) mass is 1130 g/mol. The summed E-state index contributed by atoms with van der Waals surface area (Å²) < 4.78 is 17.0. The fraction of sp³-hybridized carbons (Fsp3) is 0.932. The summed E-state index contributed by atoms with van der Waals surface area (Å²) in [5, 5.41) is 0. The van der Waals surface area contributed by atoms with Crippen molar-refractivity contribution in [1.82, 2.24) is 0 Å². The van der Waals surface area contributed by atoms with Gasteiger partial charge in [-0.1, -0.05) is 373 Å². The van der Waals surface area contributed by atoms with E-state index in [0.717, 1.165) is 64.2 Å². The van der Waals surface area contributed by atoms with Crippen molar-refractivity contribution in [3.05, 3.63) is 12.2 Å². The maximum atomic E-state index is 13.0. The van der Waals surface area contributed by atoms with Gasteiger partial charge in [0.05, 0.1) is 0 Å². The van der Waals surface area contributed by atoms with Crippen molar-refractivity contribution >= 4 is 17.9 Å². The molecule has 0 aromatic rings. The molecule has 0 amide bonds. The van der Waals surface area contributed by atoms with Gasteiger partial charge in [0.25, 0.3) is 0 Å². The van der Waals surface area contributed by atoms with Crippen LogP contribution >= 0.6 is 0 Å². The maximum Gasteiger partial charge on any atom is 0.306 e. The molecule has 0 aliphatic heterocycles. The van der Waals surface area contributed by atoms with Crippen molar-refractivity contribution in [3.8, 4) is 0 Å². The number of hydrogen-bond acceptors (Lipinski definition) is 6. The lowest BCUT2D eigenvalue weighted by Gasteiger charge is -2.18. The first-order valence-electron chi connectivity index (χ1n) is 36.7. The van der Waals surface area contributed by atoms with Crippen molar-refractivity contribution in [2.24, 2.45) is 0 Å². The van der Waals surface area contributed by atoms with Crippen molar-refractivity contribution in [1.29, 1.82) is 0 Å². The lowest BCUT2D eigenvalue weighted by molar-refractivity contribution is -0.167. The summed E-state index contributed by atoms with van der Waals surface area (Å²) in [5.41, 5.74) is 0. The van der Waals surface area contributed by atoms with Crippen LogP contribution in [0.4, 0.5) is 0 Å². The van der Waals surface area contributed by atoms with Gasteiger partial charge in [0, 0.05) is 19.3 Å². The first kappa shape index (κ1) is 78.1. The van der Waals surface area contributed by atoms with E-state index >= 15 is 0 Å². The third-order valence-corrected chi connectivity index (χ3v) is 17.0. The molecule has 0 heterocycles. The molecule has 0 bridgehead atoms. The van der Waals surface area contributed by atoms with E-state index in [4.69, 9.17) is 14.2 Å². The van der Waals surface area contributed by atoms with E-state index in [1.54, 1.807) is 0 Å². The fourth-order valence-corrected chi connectivity index (χ4v) is 11.5. The molecular weight excluding hydrogens is 985 g/mol. The Labute approximate surface area is 501 Å². The number of carbonyl (C=O) groups is 3. The predicted molar refractivity (Wildman–Crippen MR) is 349 cm³/mol. The van der Waals surface area contributed by atoms with Crippen molar-refractivity contribution in [3.63, 3.8) is 0 Å². The van der Waals surface area contributed by atoms with Crippen LogP contribution in [0.3, 0.4) is 0 Å². The van der Waals surface area contributed by atoms with Gasteiger partial charge in [0.2, 0.25) is 0 Å². The third kappa shape index (κ3) is 66.9. The zero-order valence-corrected chi connectivity index (χ0v) is 54.6.